The number of carbonyl (C=O) groups is 1. The minimum absolute atomic E-state index is 0.0132. The van der Waals surface area contributed by atoms with Crippen molar-refractivity contribution in [2.75, 3.05) is 5.32 Å². The molecule has 6 heteroatoms. The summed E-state index contributed by atoms with van der Waals surface area (Å²) in [5, 5.41) is 13.9. The molecule has 0 saturated heterocycles. The Kier molecular flexibility index (Phi) is 3.00. The molecule has 22 heavy (non-hydrogen) atoms. The summed E-state index contributed by atoms with van der Waals surface area (Å²) in [4.78, 5) is 11.9. The number of anilines is 1. The maximum Gasteiger partial charge on any atom is 0.226 e. The number of hydrogen-bond acceptors (Lipinski definition) is 3. The minimum Gasteiger partial charge on any atom is -0.311 e. The topological polar surface area (TPSA) is 75.6 Å². The first-order valence-corrected chi connectivity index (χ1v) is 7.19. The monoisotopic (exact) mass is 293 g/mol. The summed E-state index contributed by atoms with van der Waals surface area (Å²) in [5.41, 5.74) is 3.33. The van der Waals surface area contributed by atoms with Gasteiger partial charge >= 0.3 is 0 Å². The molecule has 1 amide bonds. The number of hydrogen-bond donors (Lipinski definition) is 2. The van der Waals surface area contributed by atoms with E-state index in [1.165, 1.54) is 0 Å². The standard InChI is InChI=1S/C16H15N5O/c22-15-8-13(14-9-17-20-16(14)19-15)12-4-1-3-11(7-12)10-21-6-2-5-18-21/h1-7,9,13H,8,10H2,(H2,17,19,20,22). The fourth-order valence-electron chi connectivity index (χ4n) is 2.93. The van der Waals surface area contributed by atoms with Crippen molar-refractivity contribution in [1.29, 1.82) is 0 Å². The first-order chi connectivity index (χ1) is 10.8. The van der Waals surface area contributed by atoms with Gasteiger partial charge in [0.15, 0.2) is 0 Å². The van der Waals surface area contributed by atoms with E-state index in [4.69, 9.17) is 0 Å². The van der Waals surface area contributed by atoms with Gasteiger partial charge in [-0.1, -0.05) is 24.3 Å². The molecule has 0 fully saturated rings. The smallest absolute Gasteiger partial charge is 0.226 e. The zero-order chi connectivity index (χ0) is 14.9. The molecule has 4 rings (SSSR count). The summed E-state index contributed by atoms with van der Waals surface area (Å²) in [7, 11) is 0. The van der Waals surface area contributed by atoms with Gasteiger partial charge in [-0.2, -0.15) is 10.2 Å². The van der Waals surface area contributed by atoms with Crippen LogP contribution in [0.25, 0.3) is 0 Å². The predicted molar refractivity (Wildman–Crippen MR) is 81.4 cm³/mol. The van der Waals surface area contributed by atoms with Gasteiger partial charge in [0, 0.05) is 30.3 Å². The second-order valence-corrected chi connectivity index (χ2v) is 5.45. The van der Waals surface area contributed by atoms with Crippen molar-refractivity contribution in [3.05, 3.63) is 65.6 Å². The van der Waals surface area contributed by atoms with E-state index in [1.807, 2.05) is 23.0 Å². The van der Waals surface area contributed by atoms with E-state index in [-0.39, 0.29) is 11.8 Å². The van der Waals surface area contributed by atoms with Crippen LogP contribution in [0, 0.1) is 0 Å². The molecule has 3 aromatic rings. The number of benzene rings is 1. The molecule has 1 aliphatic heterocycles. The lowest BCUT2D eigenvalue weighted by atomic mass is 9.87. The molecule has 2 N–H and O–H groups in total. The molecule has 0 bridgehead atoms. The molecule has 0 aliphatic carbocycles. The highest BCUT2D eigenvalue weighted by Gasteiger charge is 2.28. The predicted octanol–water partition coefficient (Wildman–Crippen LogP) is 2.13. The van der Waals surface area contributed by atoms with E-state index in [0.29, 0.717) is 12.2 Å². The highest BCUT2D eigenvalue weighted by molar-refractivity contribution is 5.94. The van der Waals surface area contributed by atoms with Crippen molar-refractivity contribution in [2.24, 2.45) is 0 Å². The molecule has 1 unspecified atom stereocenters. The molecule has 6 nitrogen and oxygen atoms in total. The molecule has 1 aliphatic rings. The van der Waals surface area contributed by atoms with E-state index >= 15 is 0 Å². The zero-order valence-electron chi connectivity index (χ0n) is 11.9. The van der Waals surface area contributed by atoms with Gasteiger partial charge in [-0.3, -0.25) is 14.6 Å². The number of aromatic amines is 1. The SMILES string of the molecule is O=C1CC(c2cccc(Cn3cccn3)c2)c2cn[nH]c2N1. The van der Waals surface area contributed by atoms with E-state index < -0.39 is 0 Å². The van der Waals surface area contributed by atoms with Crippen molar-refractivity contribution >= 4 is 11.7 Å². The Bertz CT molecular complexity index is 806. The molecular formula is C16H15N5O. The lowest BCUT2D eigenvalue weighted by Crippen LogP contribution is -2.23. The highest BCUT2D eigenvalue weighted by Crippen LogP contribution is 2.35. The van der Waals surface area contributed by atoms with Crippen molar-refractivity contribution in [3.63, 3.8) is 0 Å². The van der Waals surface area contributed by atoms with Crippen LogP contribution in [0.3, 0.4) is 0 Å². The molecule has 110 valence electrons. The van der Waals surface area contributed by atoms with Crippen LogP contribution in [0.1, 0.15) is 29.0 Å². The van der Waals surface area contributed by atoms with Crippen LogP contribution in [-0.4, -0.2) is 25.9 Å². The van der Waals surface area contributed by atoms with Gasteiger partial charge in [-0.15, -0.1) is 0 Å². The van der Waals surface area contributed by atoms with Crippen molar-refractivity contribution in [2.45, 2.75) is 18.9 Å². The van der Waals surface area contributed by atoms with Crippen LogP contribution >= 0.6 is 0 Å². The number of carbonyl (C=O) groups excluding carboxylic acids is 1. The minimum atomic E-state index is 0.0132. The zero-order valence-corrected chi connectivity index (χ0v) is 11.9. The molecular weight excluding hydrogens is 278 g/mol. The number of aromatic nitrogens is 4. The molecule has 1 atom stereocenters. The molecule has 0 radical (unpaired) electrons. The van der Waals surface area contributed by atoms with Gasteiger partial charge in [0.25, 0.3) is 0 Å². The third-order valence-electron chi connectivity index (χ3n) is 3.96. The van der Waals surface area contributed by atoms with E-state index in [9.17, 15) is 4.79 Å². The summed E-state index contributed by atoms with van der Waals surface area (Å²) in [5.74, 6) is 0.762. The number of nitrogens with zero attached hydrogens (tertiary/aromatic N) is 3. The third-order valence-corrected chi connectivity index (χ3v) is 3.96. The van der Waals surface area contributed by atoms with Gasteiger partial charge in [-0.05, 0) is 17.2 Å². The molecule has 1 aromatic carbocycles. The van der Waals surface area contributed by atoms with E-state index in [1.54, 1.807) is 12.4 Å². The Morgan fingerprint density at radius 1 is 1.32 bits per heavy atom. The van der Waals surface area contributed by atoms with Crippen molar-refractivity contribution < 1.29 is 4.79 Å². The van der Waals surface area contributed by atoms with Crippen molar-refractivity contribution in [3.8, 4) is 0 Å². The van der Waals surface area contributed by atoms with Gasteiger partial charge in [0.2, 0.25) is 5.91 Å². The first kappa shape index (κ1) is 12.8. The van der Waals surface area contributed by atoms with Crippen LogP contribution < -0.4 is 5.32 Å². The number of nitrogens with one attached hydrogen (secondary N) is 2. The van der Waals surface area contributed by atoms with Crippen LogP contribution in [0.15, 0.2) is 48.9 Å². The van der Waals surface area contributed by atoms with Crippen LogP contribution in [0.2, 0.25) is 0 Å². The fraction of sp³-hybridized carbons (Fsp3) is 0.188. The second kappa shape index (κ2) is 5.14. The number of H-pyrrole nitrogens is 1. The first-order valence-electron chi connectivity index (χ1n) is 7.19. The number of rotatable bonds is 3. The number of fused-ring (bicyclic) bond motifs is 1. The summed E-state index contributed by atoms with van der Waals surface area (Å²) < 4.78 is 1.88. The maximum atomic E-state index is 11.9. The Morgan fingerprint density at radius 3 is 3.14 bits per heavy atom. The van der Waals surface area contributed by atoms with Crippen LogP contribution in [0.4, 0.5) is 5.82 Å². The fourth-order valence-corrected chi connectivity index (χ4v) is 2.93. The Hall–Kier alpha value is -2.89. The number of amides is 1. The summed E-state index contributed by atoms with van der Waals surface area (Å²) in [6.07, 6.45) is 5.94. The van der Waals surface area contributed by atoms with Gasteiger partial charge < -0.3 is 5.32 Å². The normalized spacial score (nSPS) is 17.1. The molecule has 3 heterocycles. The van der Waals surface area contributed by atoms with Crippen LogP contribution in [0.5, 0.6) is 0 Å². The average Bonchev–Trinajstić information content (AvgIpc) is 3.18. The Morgan fingerprint density at radius 2 is 2.27 bits per heavy atom. The van der Waals surface area contributed by atoms with E-state index in [0.717, 1.165) is 23.2 Å². The second-order valence-electron chi connectivity index (χ2n) is 5.45. The quantitative estimate of drug-likeness (QED) is 0.776. The van der Waals surface area contributed by atoms with Gasteiger partial charge in [0.05, 0.1) is 12.7 Å². The van der Waals surface area contributed by atoms with Crippen molar-refractivity contribution in [1.82, 2.24) is 20.0 Å². The Labute approximate surface area is 127 Å². The lowest BCUT2D eigenvalue weighted by molar-refractivity contribution is -0.116. The van der Waals surface area contributed by atoms with Gasteiger partial charge in [-0.25, -0.2) is 0 Å². The Balaban J connectivity index is 1.67. The maximum absolute atomic E-state index is 11.9. The summed E-state index contributed by atoms with van der Waals surface area (Å²) in [6, 6.07) is 10.2. The lowest BCUT2D eigenvalue weighted by Gasteiger charge is -2.22. The summed E-state index contributed by atoms with van der Waals surface area (Å²) >= 11 is 0. The molecule has 0 saturated carbocycles. The molecule has 2 aromatic heterocycles. The summed E-state index contributed by atoms with van der Waals surface area (Å²) in [6.45, 7) is 0.720. The van der Waals surface area contributed by atoms with Gasteiger partial charge in [0.1, 0.15) is 5.82 Å². The highest BCUT2D eigenvalue weighted by atomic mass is 16.1. The molecule has 0 spiro atoms. The third kappa shape index (κ3) is 2.28. The largest absolute Gasteiger partial charge is 0.311 e. The average molecular weight is 293 g/mol. The van der Waals surface area contributed by atoms with Crippen LogP contribution in [-0.2, 0) is 11.3 Å². The van der Waals surface area contributed by atoms with E-state index in [2.05, 4.69) is 38.8 Å².